The van der Waals surface area contributed by atoms with Gasteiger partial charge in [0.15, 0.2) is 0 Å². The Morgan fingerprint density at radius 2 is 1.94 bits per heavy atom. The highest BCUT2D eigenvalue weighted by atomic mass is 16.5. The third-order valence-corrected chi connectivity index (χ3v) is 3.47. The minimum absolute atomic E-state index is 0.138. The molecule has 3 heteroatoms. The van der Waals surface area contributed by atoms with Crippen LogP contribution in [0, 0.1) is 5.92 Å². The second kappa shape index (κ2) is 7.52. The molecule has 0 spiro atoms. The van der Waals surface area contributed by atoms with E-state index >= 15 is 0 Å². The van der Waals surface area contributed by atoms with Crippen molar-refractivity contribution in [3.8, 4) is 0 Å². The highest BCUT2D eigenvalue weighted by Gasteiger charge is 2.17. The Balaban J connectivity index is 1.86. The molecule has 18 heavy (non-hydrogen) atoms. The predicted molar refractivity (Wildman–Crippen MR) is 72.3 cm³/mol. The Morgan fingerprint density at radius 1 is 1.22 bits per heavy atom. The quantitative estimate of drug-likeness (QED) is 0.842. The predicted octanol–water partition coefficient (Wildman–Crippen LogP) is 2.52. The molecule has 1 unspecified atom stereocenters. The summed E-state index contributed by atoms with van der Waals surface area (Å²) in [6.45, 7) is 3.23. The van der Waals surface area contributed by atoms with E-state index in [0.717, 1.165) is 39.1 Å². The molecule has 0 aliphatic carbocycles. The average molecular weight is 249 g/mol. The molecule has 1 aromatic carbocycles. The molecule has 100 valence electrons. The van der Waals surface area contributed by atoms with Crippen molar-refractivity contribution in [2.24, 2.45) is 11.7 Å². The molecule has 0 amide bonds. The summed E-state index contributed by atoms with van der Waals surface area (Å²) in [7, 11) is 0. The zero-order valence-electron chi connectivity index (χ0n) is 10.9. The van der Waals surface area contributed by atoms with Crippen molar-refractivity contribution in [2.75, 3.05) is 26.4 Å². The lowest BCUT2D eigenvalue weighted by Gasteiger charge is -2.25. The number of ether oxygens (including phenoxy) is 2. The molecule has 0 saturated carbocycles. The zero-order valence-corrected chi connectivity index (χ0v) is 10.9. The number of benzene rings is 1. The van der Waals surface area contributed by atoms with Gasteiger partial charge in [0.05, 0.1) is 12.7 Å². The van der Waals surface area contributed by atoms with Crippen LogP contribution in [0.1, 0.15) is 30.9 Å². The summed E-state index contributed by atoms with van der Waals surface area (Å²) in [6, 6.07) is 10.4. The molecule has 2 rings (SSSR count). The van der Waals surface area contributed by atoms with E-state index < -0.39 is 0 Å². The van der Waals surface area contributed by atoms with Gasteiger partial charge in [0.1, 0.15) is 0 Å². The Labute approximate surface area is 109 Å². The van der Waals surface area contributed by atoms with Gasteiger partial charge >= 0.3 is 0 Å². The van der Waals surface area contributed by atoms with Crippen LogP contribution in [0.15, 0.2) is 30.3 Å². The first-order valence-electron chi connectivity index (χ1n) is 6.84. The second-order valence-electron chi connectivity index (χ2n) is 4.87. The van der Waals surface area contributed by atoms with E-state index in [1.54, 1.807) is 0 Å². The summed E-state index contributed by atoms with van der Waals surface area (Å²) in [5, 5.41) is 0. The van der Waals surface area contributed by atoms with Gasteiger partial charge < -0.3 is 15.2 Å². The summed E-state index contributed by atoms with van der Waals surface area (Å²) >= 11 is 0. The van der Waals surface area contributed by atoms with Crippen molar-refractivity contribution in [2.45, 2.75) is 25.4 Å². The topological polar surface area (TPSA) is 44.5 Å². The maximum atomic E-state index is 6.07. The van der Waals surface area contributed by atoms with Crippen molar-refractivity contribution < 1.29 is 9.47 Å². The van der Waals surface area contributed by atoms with Crippen LogP contribution in [0.5, 0.6) is 0 Å². The first kappa shape index (κ1) is 13.5. The van der Waals surface area contributed by atoms with Crippen LogP contribution < -0.4 is 5.73 Å². The zero-order chi connectivity index (χ0) is 12.6. The van der Waals surface area contributed by atoms with Gasteiger partial charge in [-0.3, -0.25) is 0 Å². The molecular formula is C15H23NO2. The molecule has 1 aliphatic rings. The summed E-state index contributed by atoms with van der Waals surface area (Å²) in [5.41, 5.74) is 6.91. The van der Waals surface area contributed by atoms with E-state index in [2.05, 4.69) is 24.3 Å². The van der Waals surface area contributed by atoms with Crippen molar-refractivity contribution in [1.82, 2.24) is 0 Å². The smallest absolute Gasteiger partial charge is 0.0837 e. The molecule has 1 aromatic rings. The number of hydrogen-bond donors (Lipinski definition) is 1. The van der Waals surface area contributed by atoms with Gasteiger partial charge in [-0.1, -0.05) is 30.3 Å². The fraction of sp³-hybridized carbons (Fsp3) is 0.600. The molecule has 1 heterocycles. The molecule has 0 radical (unpaired) electrons. The number of rotatable bonds is 6. The second-order valence-corrected chi connectivity index (χ2v) is 4.87. The fourth-order valence-corrected chi connectivity index (χ4v) is 2.33. The normalized spacial score (nSPS) is 18.7. The molecule has 1 aliphatic heterocycles. The molecule has 1 atom stereocenters. The Hall–Kier alpha value is -0.900. The summed E-state index contributed by atoms with van der Waals surface area (Å²) in [6.07, 6.45) is 3.25. The third kappa shape index (κ3) is 4.09. The summed E-state index contributed by atoms with van der Waals surface area (Å²) in [5.74, 6) is 0.641. The van der Waals surface area contributed by atoms with E-state index in [0.29, 0.717) is 12.5 Å². The highest BCUT2D eigenvalue weighted by Crippen LogP contribution is 2.23. The van der Waals surface area contributed by atoms with Gasteiger partial charge in [0.2, 0.25) is 0 Å². The lowest BCUT2D eigenvalue weighted by atomic mass is 10.0. The Kier molecular flexibility index (Phi) is 5.65. The number of hydrogen-bond acceptors (Lipinski definition) is 3. The monoisotopic (exact) mass is 249 g/mol. The minimum Gasteiger partial charge on any atom is -0.381 e. The molecule has 0 aromatic heterocycles. The van der Waals surface area contributed by atoms with Crippen LogP contribution in [0.2, 0.25) is 0 Å². The van der Waals surface area contributed by atoms with Crippen LogP contribution in [-0.4, -0.2) is 26.4 Å². The van der Waals surface area contributed by atoms with E-state index in [1.165, 1.54) is 5.56 Å². The van der Waals surface area contributed by atoms with Crippen LogP contribution in [0.3, 0.4) is 0 Å². The molecule has 2 N–H and O–H groups in total. The van der Waals surface area contributed by atoms with Crippen LogP contribution in [0.4, 0.5) is 0 Å². The molecule has 3 nitrogen and oxygen atoms in total. The molecule has 1 saturated heterocycles. The van der Waals surface area contributed by atoms with Gasteiger partial charge in [-0.2, -0.15) is 0 Å². The van der Waals surface area contributed by atoms with Gasteiger partial charge in [0.25, 0.3) is 0 Å². The lowest BCUT2D eigenvalue weighted by Crippen LogP contribution is -2.22. The molecule has 0 bridgehead atoms. The van der Waals surface area contributed by atoms with Crippen molar-refractivity contribution in [3.63, 3.8) is 0 Å². The van der Waals surface area contributed by atoms with Crippen molar-refractivity contribution in [3.05, 3.63) is 35.9 Å². The van der Waals surface area contributed by atoms with Crippen LogP contribution in [-0.2, 0) is 9.47 Å². The van der Waals surface area contributed by atoms with Gasteiger partial charge in [-0.05, 0) is 37.3 Å². The standard InChI is InChI=1S/C15H23NO2/c16-9-6-15(14-4-2-1-3-5-14)18-12-13-7-10-17-11-8-13/h1-5,13,15H,6-12,16H2. The van der Waals surface area contributed by atoms with Crippen LogP contribution in [0.25, 0.3) is 0 Å². The van der Waals surface area contributed by atoms with Crippen molar-refractivity contribution >= 4 is 0 Å². The van der Waals surface area contributed by atoms with Crippen LogP contribution >= 0.6 is 0 Å². The summed E-state index contributed by atoms with van der Waals surface area (Å²) in [4.78, 5) is 0. The van der Waals surface area contributed by atoms with Crippen molar-refractivity contribution in [1.29, 1.82) is 0 Å². The maximum absolute atomic E-state index is 6.07. The molecule has 1 fully saturated rings. The third-order valence-electron chi connectivity index (χ3n) is 3.47. The van der Waals surface area contributed by atoms with Gasteiger partial charge in [-0.25, -0.2) is 0 Å². The lowest BCUT2D eigenvalue weighted by molar-refractivity contribution is -0.0138. The van der Waals surface area contributed by atoms with E-state index in [1.807, 2.05) is 6.07 Å². The van der Waals surface area contributed by atoms with E-state index in [-0.39, 0.29) is 6.10 Å². The Morgan fingerprint density at radius 3 is 2.61 bits per heavy atom. The van der Waals surface area contributed by atoms with E-state index in [9.17, 15) is 0 Å². The maximum Gasteiger partial charge on any atom is 0.0837 e. The largest absolute Gasteiger partial charge is 0.381 e. The molecular weight excluding hydrogens is 226 g/mol. The van der Waals surface area contributed by atoms with Gasteiger partial charge in [0, 0.05) is 13.2 Å². The van der Waals surface area contributed by atoms with E-state index in [4.69, 9.17) is 15.2 Å². The average Bonchev–Trinajstić information content (AvgIpc) is 2.45. The number of nitrogens with two attached hydrogens (primary N) is 1. The minimum atomic E-state index is 0.138. The SMILES string of the molecule is NCCC(OCC1CCOCC1)c1ccccc1. The van der Waals surface area contributed by atoms with Gasteiger partial charge in [-0.15, -0.1) is 0 Å². The Bertz CT molecular complexity index is 323. The fourth-order valence-electron chi connectivity index (χ4n) is 2.33. The summed E-state index contributed by atoms with van der Waals surface area (Å²) < 4.78 is 11.4. The highest BCUT2D eigenvalue weighted by molar-refractivity contribution is 5.17. The first-order valence-corrected chi connectivity index (χ1v) is 6.84. The first-order chi connectivity index (χ1) is 8.90.